The molecule has 1 fully saturated rings. The Balaban J connectivity index is 2.08. The van der Waals surface area contributed by atoms with Crippen molar-refractivity contribution in [3.63, 3.8) is 0 Å². The number of aryl methyl sites for hydroxylation is 1. The summed E-state index contributed by atoms with van der Waals surface area (Å²) in [6.07, 6.45) is 1.27. The molecule has 0 bridgehead atoms. The lowest BCUT2D eigenvalue weighted by atomic mass is 10.1. The Morgan fingerprint density at radius 3 is 2.72 bits per heavy atom. The van der Waals surface area contributed by atoms with Gasteiger partial charge in [-0.2, -0.15) is 0 Å². The first-order valence-electron chi connectivity index (χ1n) is 6.11. The number of carbonyl (C=O) groups is 1. The summed E-state index contributed by atoms with van der Waals surface area (Å²) in [6.45, 7) is 2.02. The van der Waals surface area contributed by atoms with Gasteiger partial charge in [0.2, 0.25) is 5.91 Å². The van der Waals surface area contributed by atoms with Gasteiger partial charge in [0, 0.05) is 5.69 Å². The first-order chi connectivity index (χ1) is 8.52. The highest BCUT2D eigenvalue weighted by Gasteiger charge is 2.33. The van der Waals surface area contributed by atoms with Crippen molar-refractivity contribution in [3.05, 3.63) is 29.8 Å². The van der Waals surface area contributed by atoms with Crippen LogP contribution in [-0.2, 0) is 21.1 Å². The van der Waals surface area contributed by atoms with E-state index in [4.69, 9.17) is 0 Å². The van der Waals surface area contributed by atoms with Crippen LogP contribution < -0.4 is 5.32 Å². The van der Waals surface area contributed by atoms with Gasteiger partial charge in [-0.25, -0.2) is 8.42 Å². The summed E-state index contributed by atoms with van der Waals surface area (Å²) in [4.78, 5) is 12.0. The molecule has 0 spiro atoms. The molecule has 4 nitrogen and oxygen atoms in total. The molecule has 1 amide bonds. The maximum absolute atomic E-state index is 12.0. The molecule has 1 aliphatic heterocycles. The van der Waals surface area contributed by atoms with Crippen molar-refractivity contribution in [1.29, 1.82) is 0 Å². The van der Waals surface area contributed by atoms with E-state index >= 15 is 0 Å². The second-order valence-electron chi connectivity index (χ2n) is 4.60. The summed E-state index contributed by atoms with van der Waals surface area (Å²) in [7, 11) is -3.01. The van der Waals surface area contributed by atoms with Crippen LogP contribution in [-0.4, -0.2) is 25.8 Å². The third-order valence-electron chi connectivity index (χ3n) is 3.26. The molecule has 0 radical (unpaired) electrons. The van der Waals surface area contributed by atoms with Crippen molar-refractivity contribution in [2.45, 2.75) is 19.8 Å². The smallest absolute Gasteiger partial charge is 0.228 e. The Morgan fingerprint density at radius 1 is 1.39 bits per heavy atom. The molecule has 1 aromatic carbocycles. The average molecular weight is 267 g/mol. The highest BCUT2D eigenvalue weighted by molar-refractivity contribution is 7.91. The van der Waals surface area contributed by atoms with E-state index in [9.17, 15) is 13.2 Å². The zero-order valence-electron chi connectivity index (χ0n) is 10.3. The number of benzene rings is 1. The van der Waals surface area contributed by atoms with E-state index in [0.29, 0.717) is 6.42 Å². The van der Waals surface area contributed by atoms with Crippen molar-refractivity contribution in [3.8, 4) is 0 Å². The van der Waals surface area contributed by atoms with E-state index in [0.717, 1.165) is 17.7 Å². The van der Waals surface area contributed by atoms with Crippen LogP contribution in [0.5, 0.6) is 0 Å². The van der Waals surface area contributed by atoms with Crippen LogP contribution >= 0.6 is 0 Å². The SMILES string of the molecule is CCc1ccccc1NC(=O)[C@H]1CCS(=O)(=O)C1. The van der Waals surface area contributed by atoms with Crippen LogP contribution in [0.2, 0.25) is 0 Å². The van der Waals surface area contributed by atoms with Crippen molar-refractivity contribution in [2.75, 3.05) is 16.8 Å². The average Bonchev–Trinajstić information content (AvgIpc) is 2.70. The molecule has 0 saturated carbocycles. The molecule has 1 atom stereocenters. The molecule has 1 N–H and O–H groups in total. The van der Waals surface area contributed by atoms with E-state index in [1.807, 2.05) is 31.2 Å². The van der Waals surface area contributed by atoms with Gasteiger partial charge in [-0.1, -0.05) is 25.1 Å². The summed E-state index contributed by atoms with van der Waals surface area (Å²) in [5.41, 5.74) is 1.85. The fourth-order valence-corrected chi connectivity index (χ4v) is 3.93. The third-order valence-corrected chi connectivity index (χ3v) is 5.03. The number of para-hydroxylation sites is 1. The largest absolute Gasteiger partial charge is 0.326 e. The minimum absolute atomic E-state index is 0.0207. The Morgan fingerprint density at radius 2 is 2.11 bits per heavy atom. The minimum atomic E-state index is -3.01. The summed E-state index contributed by atoms with van der Waals surface area (Å²) in [6, 6.07) is 7.59. The molecular weight excluding hydrogens is 250 g/mol. The van der Waals surface area contributed by atoms with Gasteiger partial charge >= 0.3 is 0 Å². The lowest BCUT2D eigenvalue weighted by Gasteiger charge is -2.12. The number of hydrogen-bond acceptors (Lipinski definition) is 3. The molecular formula is C13H17NO3S. The predicted molar refractivity (Wildman–Crippen MR) is 71.2 cm³/mol. The highest BCUT2D eigenvalue weighted by atomic mass is 32.2. The topological polar surface area (TPSA) is 63.2 Å². The van der Waals surface area contributed by atoms with Gasteiger partial charge in [-0.05, 0) is 24.5 Å². The molecule has 0 aliphatic carbocycles. The van der Waals surface area contributed by atoms with E-state index in [1.165, 1.54) is 0 Å². The molecule has 18 heavy (non-hydrogen) atoms. The van der Waals surface area contributed by atoms with E-state index in [1.54, 1.807) is 0 Å². The lowest BCUT2D eigenvalue weighted by molar-refractivity contribution is -0.119. The van der Waals surface area contributed by atoms with Crippen molar-refractivity contribution < 1.29 is 13.2 Å². The van der Waals surface area contributed by atoms with Crippen LogP contribution in [0.4, 0.5) is 5.69 Å². The Labute approximate surface area is 107 Å². The van der Waals surface area contributed by atoms with Gasteiger partial charge in [0.05, 0.1) is 17.4 Å². The van der Waals surface area contributed by atoms with Crippen molar-refractivity contribution in [1.82, 2.24) is 0 Å². The van der Waals surface area contributed by atoms with Gasteiger partial charge < -0.3 is 5.32 Å². The number of hydrogen-bond donors (Lipinski definition) is 1. The number of anilines is 1. The van der Waals surface area contributed by atoms with Crippen LogP contribution in [0.3, 0.4) is 0 Å². The summed E-state index contributed by atoms with van der Waals surface area (Å²) < 4.78 is 22.7. The Kier molecular flexibility index (Phi) is 3.71. The molecule has 5 heteroatoms. The second kappa shape index (κ2) is 5.10. The summed E-state index contributed by atoms with van der Waals surface area (Å²) in [5.74, 6) is -0.481. The van der Waals surface area contributed by atoms with E-state index < -0.39 is 15.8 Å². The number of carbonyl (C=O) groups excluding carboxylic acids is 1. The number of sulfone groups is 1. The van der Waals surface area contributed by atoms with Crippen molar-refractivity contribution >= 4 is 21.4 Å². The highest BCUT2D eigenvalue weighted by Crippen LogP contribution is 2.22. The normalized spacial score (nSPS) is 21.7. The molecule has 1 heterocycles. The van der Waals surface area contributed by atoms with Crippen LogP contribution in [0.1, 0.15) is 18.9 Å². The van der Waals surface area contributed by atoms with Gasteiger partial charge in [-0.15, -0.1) is 0 Å². The van der Waals surface area contributed by atoms with Gasteiger partial charge in [0.25, 0.3) is 0 Å². The number of rotatable bonds is 3. The quantitative estimate of drug-likeness (QED) is 0.905. The summed E-state index contributed by atoms with van der Waals surface area (Å²) >= 11 is 0. The van der Waals surface area contributed by atoms with Crippen LogP contribution in [0, 0.1) is 5.92 Å². The van der Waals surface area contributed by atoms with Crippen LogP contribution in [0.25, 0.3) is 0 Å². The van der Waals surface area contributed by atoms with Gasteiger partial charge in [-0.3, -0.25) is 4.79 Å². The molecule has 1 aliphatic rings. The second-order valence-corrected chi connectivity index (χ2v) is 6.83. The first-order valence-corrected chi connectivity index (χ1v) is 7.93. The number of nitrogens with one attached hydrogen (secondary N) is 1. The monoisotopic (exact) mass is 267 g/mol. The standard InChI is InChI=1S/C13H17NO3S/c1-2-10-5-3-4-6-12(10)14-13(15)11-7-8-18(16,17)9-11/h3-6,11H,2,7-9H2,1H3,(H,14,15)/t11-/m0/s1. The van der Waals surface area contributed by atoms with Gasteiger partial charge in [0.1, 0.15) is 0 Å². The van der Waals surface area contributed by atoms with Crippen LogP contribution in [0.15, 0.2) is 24.3 Å². The molecule has 98 valence electrons. The Bertz CT molecular complexity index is 551. The fourth-order valence-electron chi connectivity index (χ4n) is 2.19. The third kappa shape index (κ3) is 2.90. The van der Waals surface area contributed by atoms with Crippen molar-refractivity contribution in [2.24, 2.45) is 5.92 Å². The Hall–Kier alpha value is -1.36. The molecule has 2 rings (SSSR count). The molecule has 1 saturated heterocycles. The maximum Gasteiger partial charge on any atom is 0.228 e. The number of amides is 1. The minimum Gasteiger partial charge on any atom is -0.326 e. The lowest BCUT2D eigenvalue weighted by Crippen LogP contribution is -2.24. The molecule has 0 unspecified atom stereocenters. The fraction of sp³-hybridized carbons (Fsp3) is 0.462. The van der Waals surface area contributed by atoms with Gasteiger partial charge in [0.15, 0.2) is 9.84 Å². The zero-order valence-corrected chi connectivity index (χ0v) is 11.2. The van der Waals surface area contributed by atoms with E-state index in [2.05, 4.69) is 5.32 Å². The summed E-state index contributed by atoms with van der Waals surface area (Å²) in [5, 5.41) is 2.84. The first kappa shape index (κ1) is 13.1. The maximum atomic E-state index is 12.0. The van der Waals surface area contributed by atoms with E-state index in [-0.39, 0.29) is 17.4 Å². The molecule has 0 aromatic heterocycles. The molecule has 1 aromatic rings. The zero-order chi connectivity index (χ0) is 13.2. The predicted octanol–water partition coefficient (Wildman–Crippen LogP) is 1.62.